The quantitative estimate of drug-likeness (QED) is 0.188. The third kappa shape index (κ3) is 7.41. The second kappa shape index (κ2) is 13.8. The van der Waals surface area contributed by atoms with Gasteiger partial charge in [0.1, 0.15) is 18.0 Å². The molecule has 1 fully saturated rings. The fraction of sp³-hybridized carbons (Fsp3) is 0.242. The molecule has 0 radical (unpaired) electrons. The van der Waals surface area contributed by atoms with Gasteiger partial charge in [-0.3, -0.25) is 9.59 Å². The minimum Gasteiger partial charge on any atom is -0.508 e. The van der Waals surface area contributed by atoms with Crippen molar-refractivity contribution in [3.63, 3.8) is 0 Å². The van der Waals surface area contributed by atoms with E-state index < -0.39 is 39.9 Å². The number of hydrogen-bond donors (Lipinski definition) is 4. The Kier molecular flexibility index (Phi) is 9.65. The summed E-state index contributed by atoms with van der Waals surface area (Å²) in [6.45, 7) is 4.05. The van der Waals surface area contributed by atoms with Crippen molar-refractivity contribution in [1.29, 1.82) is 0 Å². The molecule has 1 saturated heterocycles. The van der Waals surface area contributed by atoms with Gasteiger partial charge in [-0.1, -0.05) is 66.7 Å². The SMILES string of the molecule is C=CCNCC(=O)N1[C@@H](NC(=O)NCc2ccccc2)CN(CC2=CS(=O)(=O)c3ccccc32)C(=O)[C@@H]1Cc1ccc(O)cc1. The largest absolute Gasteiger partial charge is 0.508 e. The third-order valence-corrected chi connectivity index (χ3v) is 9.24. The number of nitrogens with zero attached hydrogens (tertiary/aromatic N) is 2. The van der Waals surface area contributed by atoms with E-state index in [1.807, 2.05) is 30.3 Å². The van der Waals surface area contributed by atoms with E-state index in [-0.39, 0.29) is 43.2 Å². The van der Waals surface area contributed by atoms with Gasteiger partial charge in [0.25, 0.3) is 0 Å². The minimum atomic E-state index is -3.68. The molecule has 0 unspecified atom stereocenters. The zero-order valence-corrected chi connectivity index (χ0v) is 25.4. The van der Waals surface area contributed by atoms with Crippen LogP contribution < -0.4 is 16.0 Å². The number of sulfone groups is 1. The van der Waals surface area contributed by atoms with Crippen molar-refractivity contribution >= 4 is 33.3 Å². The van der Waals surface area contributed by atoms with Gasteiger partial charge >= 0.3 is 6.03 Å². The molecule has 2 aliphatic rings. The second-order valence-electron chi connectivity index (χ2n) is 10.8. The zero-order valence-electron chi connectivity index (χ0n) is 24.6. The van der Waals surface area contributed by atoms with Crippen LogP contribution in [0.1, 0.15) is 16.7 Å². The highest BCUT2D eigenvalue weighted by molar-refractivity contribution is 7.95. The minimum absolute atomic E-state index is 0.0400. The normalized spacial score (nSPS) is 18.6. The van der Waals surface area contributed by atoms with Gasteiger partial charge in [-0.05, 0) is 40.5 Å². The summed E-state index contributed by atoms with van der Waals surface area (Å²) >= 11 is 0. The molecule has 2 atom stereocenters. The molecular weight excluding hydrogens is 594 g/mol. The lowest BCUT2D eigenvalue weighted by Crippen LogP contribution is -2.70. The number of urea groups is 1. The lowest BCUT2D eigenvalue weighted by atomic mass is 9.98. The topological polar surface area (TPSA) is 148 Å². The van der Waals surface area contributed by atoms with Gasteiger partial charge in [0, 0.05) is 31.5 Å². The summed E-state index contributed by atoms with van der Waals surface area (Å²) < 4.78 is 25.7. The Morgan fingerprint density at radius 3 is 2.42 bits per heavy atom. The summed E-state index contributed by atoms with van der Waals surface area (Å²) in [5, 5.41) is 19.7. The molecular formula is C33H35N5O6S. The number of hydrogen-bond acceptors (Lipinski definition) is 7. The van der Waals surface area contributed by atoms with E-state index >= 15 is 0 Å². The third-order valence-electron chi connectivity index (χ3n) is 7.67. The lowest BCUT2D eigenvalue weighted by Gasteiger charge is -2.46. The molecule has 11 nitrogen and oxygen atoms in total. The fourth-order valence-corrected chi connectivity index (χ4v) is 7.03. The molecule has 2 heterocycles. The Bertz CT molecular complexity index is 1710. The maximum absolute atomic E-state index is 14.2. The van der Waals surface area contributed by atoms with Crippen molar-refractivity contribution in [3.05, 3.63) is 114 Å². The number of aromatic hydroxyl groups is 1. The van der Waals surface area contributed by atoms with E-state index in [4.69, 9.17) is 0 Å². The first-order chi connectivity index (χ1) is 21.7. The molecule has 0 saturated carbocycles. The highest BCUT2D eigenvalue weighted by Crippen LogP contribution is 2.34. The Balaban J connectivity index is 1.46. The second-order valence-corrected chi connectivity index (χ2v) is 12.6. The van der Waals surface area contributed by atoms with Crippen LogP contribution >= 0.6 is 0 Å². The van der Waals surface area contributed by atoms with Crippen LogP contribution in [-0.2, 0) is 32.4 Å². The molecule has 4 N–H and O–H groups in total. The van der Waals surface area contributed by atoms with Gasteiger partial charge in [0.2, 0.25) is 21.7 Å². The number of amides is 4. The Hall–Kier alpha value is -4.94. The number of nitrogens with one attached hydrogen (secondary N) is 3. The van der Waals surface area contributed by atoms with Gasteiger partial charge in [0.15, 0.2) is 0 Å². The summed E-state index contributed by atoms with van der Waals surface area (Å²) in [4.78, 5) is 44.1. The molecule has 4 amide bonds. The first-order valence-corrected chi connectivity index (χ1v) is 16.0. The van der Waals surface area contributed by atoms with Gasteiger partial charge < -0.3 is 30.9 Å². The predicted octanol–water partition coefficient (Wildman–Crippen LogP) is 2.40. The first kappa shape index (κ1) is 31.5. The number of carbonyl (C=O) groups is 3. The summed E-state index contributed by atoms with van der Waals surface area (Å²) in [5.41, 5.74) is 2.53. The van der Waals surface area contributed by atoms with E-state index in [1.54, 1.807) is 36.4 Å². The number of carbonyl (C=O) groups excluding carboxylic acids is 3. The Morgan fingerprint density at radius 2 is 1.69 bits per heavy atom. The number of fused-ring (bicyclic) bond motifs is 1. The van der Waals surface area contributed by atoms with Gasteiger partial charge in [0.05, 0.1) is 18.0 Å². The van der Waals surface area contributed by atoms with Crippen LogP contribution in [-0.4, -0.2) is 79.6 Å². The maximum Gasteiger partial charge on any atom is 0.316 e. The summed E-state index contributed by atoms with van der Waals surface area (Å²) in [7, 11) is -3.68. The van der Waals surface area contributed by atoms with Gasteiger partial charge in [-0.15, -0.1) is 6.58 Å². The molecule has 12 heteroatoms. The lowest BCUT2D eigenvalue weighted by molar-refractivity contribution is -0.155. The van der Waals surface area contributed by atoms with Crippen LogP contribution in [0, 0.1) is 0 Å². The van der Waals surface area contributed by atoms with Crippen LogP contribution in [0.15, 0.2) is 102 Å². The number of piperazine rings is 1. The smallest absolute Gasteiger partial charge is 0.316 e. The molecule has 0 aromatic heterocycles. The van der Waals surface area contributed by atoms with Crippen LogP contribution in [0.25, 0.3) is 5.57 Å². The molecule has 3 aromatic rings. The van der Waals surface area contributed by atoms with E-state index in [0.29, 0.717) is 23.2 Å². The van der Waals surface area contributed by atoms with Crippen molar-refractivity contribution < 1.29 is 27.9 Å². The van der Waals surface area contributed by atoms with E-state index in [0.717, 1.165) is 5.56 Å². The molecule has 3 aromatic carbocycles. The standard InChI is InChI=1S/C33H35N5O6S/c1-2-16-34-19-31(40)38-28(17-23-12-14-26(39)15-13-23)32(41)37(20-25-22-45(43,44)29-11-7-6-10-27(25)29)21-30(38)36-33(42)35-18-24-8-4-3-5-9-24/h2-15,22,28,30,34,39H,1,16-21H2,(H2,35,36,42)/t28-,30+/m0/s1. The molecule has 0 aliphatic carbocycles. The Morgan fingerprint density at radius 1 is 0.978 bits per heavy atom. The summed E-state index contributed by atoms with van der Waals surface area (Å²) in [5.74, 6) is -0.750. The zero-order chi connectivity index (χ0) is 32.0. The van der Waals surface area contributed by atoms with Crippen molar-refractivity contribution in [2.24, 2.45) is 0 Å². The highest BCUT2D eigenvalue weighted by Gasteiger charge is 2.44. The van der Waals surface area contributed by atoms with Crippen LogP contribution in [0.4, 0.5) is 4.79 Å². The number of rotatable bonds is 11. The average molecular weight is 630 g/mol. The van der Waals surface area contributed by atoms with Gasteiger partial charge in [-0.25, -0.2) is 13.2 Å². The monoisotopic (exact) mass is 629 g/mol. The van der Waals surface area contributed by atoms with Crippen molar-refractivity contribution in [3.8, 4) is 5.75 Å². The summed E-state index contributed by atoms with van der Waals surface area (Å²) in [6.07, 6.45) is 0.770. The van der Waals surface area contributed by atoms with E-state index in [1.165, 1.54) is 33.4 Å². The predicted molar refractivity (Wildman–Crippen MR) is 169 cm³/mol. The van der Waals surface area contributed by atoms with Gasteiger partial charge in [-0.2, -0.15) is 0 Å². The number of benzene rings is 3. The first-order valence-electron chi connectivity index (χ1n) is 14.5. The van der Waals surface area contributed by atoms with Crippen LogP contribution in [0.2, 0.25) is 0 Å². The van der Waals surface area contributed by atoms with Crippen LogP contribution in [0.5, 0.6) is 5.75 Å². The molecule has 2 aliphatic heterocycles. The summed E-state index contributed by atoms with van der Waals surface area (Å²) in [6, 6.07) is 20.7. The van der Waals surface area contributed by atoms with Crippen molar-refractivity contribution in [2.75, 3.05) is 26.2 Å². The molecule has 5 rings (SSSR count). The molecule has 45 heavy (non-hydrogen) atoms. The number of phenolic OH excluding ortho intramolecular Hbond substituents is 1. The van der Waals surface area contributed by atoms with E-state index in [9.17, 15) is 27.9 Å². The van der Waals surface area contributed by atoms with E-state index in [2.05, 4.69) is 22.5 Å². The van der Waals surface area contributed by atoms with Crippen LogP contribution in [0.3, 0.4) is 0 Å². The fourth-order valence-electron chi connectivity index (χ4n) is 5.56. The molecule has 0 bridgehead atoms. The Labute approximate surface area is 262 Å². The maximum atomic E-state index is 14.2. The molecule has 0 spiro atoms. The average Bonchev–Trinajstić information content (AvgIpc) is 3.29. The van der Waals surface area contributed by atoms with Crippen molar-refractivity contribution in [2.45, 2.75) is 30.1 Å². The van der Waals surface area contributed by atoms with Crippen molar-refractivity contribution in [1.82, 2.24) is 25.8 Å². The highest BCUT2D eigenvalue weighted by atomic mass is 32.2. The number of phenols is 1. The molecule has 234 valence electrons.